The van der Waals surface area contributed by atoms with Gasteiger partial charge in [-0.05, 0) is 106 Å². The first-order chi connectivity index (χ1) is 37.7. The van der Waals surface area contributed by atoms with Crippen molar-refractivity contribution in [3.8, 4) is 51.0 Å². The van der Waals surface area contributed by atoms with Crippen LogP contribution in [0.1, 0.15) is 22.3 Å². The van der Waals surface area contributed by atoms with Gasteiger partial charge in [-0.3, -0.25) is 4.57 Å². The fraction of sp³-hybridized carbons (Fsp3) is 0.0141. The molecule has 76 heavy (non-hydrogen) atoms. The van der Waals surface area contributed by atoms with Crippen molar-refractivity contribution in [3.63, 3.8) is 0 Å². The number of hydrogen-bond donors (Lipinski definition) is 0. The first kappa shape index (κ1) is 42.4. The third-order valence-corrected chi connectivity index (χ3v) is 16.2. The van der Waals surface area contributed by atoms with E-state index in [4.69, 9.17) is 9.97 Å². The van der Waals surface area contributed by atoms with Crippen molar-refractivity contribution in [1.29, 1.82) is 0 Å². The van der Waals surface area contributed by atoms with Crippen LogP contribution in [0.4, 0.5) is 0 Å². The standard InChI is InChI=1S/C71H45N5/c1-3-19-46(20-4-1)62-45-63(47-21-5-2-6-22-47)73-70(72-62)76-68-34-18-12-28-57(68)59-43-61-58(44-69(59)76)52-23-7-13-29-60(52)71(61,48-35-39-50(40-36-48)74-64-30-14-8-24-53(64)54-25-9-15-31-65(54)74)49-37-41-51(42-38-49)75-66-32-16-10-26-55(66)56-27-11-17-33-67(56)75/h1-45H. The van der Waals surface area contributed by atoms with Crippen LogP contribution in [-0.4, -0.2) is 23.7 Å². The molecule has 16 rings (SSSR count). The molecule has 0 amide bonds. The van der Waals surface area contributed by atoms with Crippen LogP contribution < -0.4 is 0 Å². The van der Waals surface area contributed by atoms with Crippen molar-refractivity contribution in [3.05, 3.63) is 295 Å². The molecule has 0 unspecified atom stereocenters. The maximum absolute atomic E-state index is 5.42. The molecule has 11 aromatic carbocycles. The summed E-state index contributed by atoms with van der Waals surface area (Å²) < 4.78 is 7.11. The van der Waals surface area contributed by atoms with Crippen LogP contribution in [0.3, 0.4) is 0 Å². The molecule has 15 aromatic rings. The Morgan fingerprint density at radius 2 is 0.645 bits per heavy atom. The Balaban J connectivity index is 0.961. The molecule has 0 N–H and O–H groups in total. The summed E-state index contributed by atoms with van der Waals surface area (Å²) in [5.41, 5.74) is 19.5. The third kappa shape index (κ3) is 6.08. The summed E-state index contributed by atoms with van der Waals surface area (Å²) in [6.45, 7) is 0. The smallest absolute Gasteiger partial charge is 0.235 e. The molecule has 0 saturated heterocycles. The van der Waals surface area contributed by atoms with Gasteiger partial charge in [0.2, 0.25) is 5.95 Å². The van der Waals surface area contributed by atoms with E-state index in [0.29, 0.717) is 5.95 Å². The summed E-state index contributed by atoms with van der Waals surface area (Å²) in [5.74, 6) is 0.630. The van der Waals surface area contributed by atoms with E-state index in [1.165, 1.54) is 77.0 Å². The second-order valence-electron chi connectivity index (χ2n) is 20.1. The minimum Gasteiger partial charge on any atom is -0.309 e. The van der Waals surface area contributed by atoms with Gasteiger partial charge >= 0.3 is 0 Å². The molecule has 0 saturated carbocycles. The maximum atomic E-state index is 5.42. The molecule has 0 bridgehead atoms. The van der Waals surface area contributed by atoms with E-state index < -0.39 is 5.41 Å². The highest BCUT2D eigenvalue weighted by Crippen LogP contribution is 2.58. The zero-order chi connectivity index (χ0) is 49.9. The van der Waals surface area contributed by atoms with Crippen LogP contribution >= 0.6 is 0 Å². The number of aromatic nitrogens is 5. The highest BCUT2D eigenvalue weighted by atomic mass is 15.2. The predicted molar refractivity (Wildman–Crippen MR) is 313 cm³/mol. The first-order valence-electron chi connectivity index (χ1n) is 26.1. The third-order valence-electron chi connectivity index (χ3n) is 16.2. The summed E-state index contributed by atoms with van der Waals surface area (Å²) in [7, 11) is 0. The molecule has 4 heterocycles. The van der Waals surface area contributed by atoms with E-state index in [1.54, 1.807) is 0 Å². The fourth-order valence-corrected chi connectivity index (χ4v) is 12.9. The summed E-state index contributed by atoms with van der Waals surface area (Å²) in [6.07, 6.45) is 0. The van der Waals surface area contributed by atoms with Crippen molar-refractivity contribution in [2.75, 3.05) is 0 Å². The minimum absolute atomic E-state index is 0.630. The lowest BCUT2D eigenvalue weighted by Crippen LogP contribution is -2.28. The van der Waals surface area contributed by atoms with Gasteiger partial charge in [0, 0.05) is 54.8 Å². The van der Waals surface area contributed by atoms with Crippen LogP contribution in [0.15, 0.2) is 273 Å². The second-order valence-corrected chi connectivity index (χ2v) is 20.1. The van der Waals surface area contributed by atoms with Crippen LogP contribution in [0.2, 0.25) is 0 Å². The Morgan fingerprint density at radius 3 is 1.11 bits per heavy atom. The maximum Gasteiger partial charge on any atom is 0.235 e. The number of rotatable bonds is 7. The molecule has 354 valence electrons. The van der Waals surface area contributed by atoms with Gasteiger partial charge in [-0.15, -0.1) is 0 Å². The molecule has 0 spiro atoms. The van der Waals surface area contributed by atoms with Crippen LogP contribution in [-0.2, 0) is 5.41 Å². The van der Waals surface area contributed by atoms with E-state index in [-0.39, 0.29) is 0 Å². The van der Waals surface area contributed by atoms with Crippen molar-refractivity contribution < 1.29 is 0 Å². The average molecular weight is 968 g/mol. The van der Waals surface area contributed by atoms with Crippen molar-refractivity contribution in [2.24, 2.45) is 0 Å². The van der Waals surface area contributed by atoms with Crippen LogP contribution in [0.25, 0.3) is 116 Å². The van der Waals surface area contributed by atoms with E-state index in [2.05, 4.69) is 287 Å². The molecule has 0 radical (unpaired) electrons. The lowest BCUT2D eigenvalue weighted by Gasteiger charge is -2.34. The van der Waals surface area contributed by atoms with Gasteiger partial charge < -0.3 is 9.13 Å². The van der Waals surface area contributed by atoms with E-state index in [9.17, 15) is 0 Å². The molecule has 5 nitrogen and oxygen atoms in total. The lowest BCUT2D eigenvalue weighted by atomic mass is 9.67. The topological polar surface area (TPSA) is 40.6 Å². The quantitative estimate of drug-likeness (QED) is 0.160. The average Bonchev–Trinajstić information content (AvgIpc) is 4.38. The van der Waals surface area contributed by atoms with Crippen LogP contribution in [0.5, 0.6) is 0 Å². The Hall–Kier alpha value is -10.1. The van der Waals surface area contributed by atoms with Gasteiger partial charge in [0.15, 0.2) is 0 Å². The fourth-order valence-electron chi connectivity index (χ4n) is 12.9. The number of fused-ring (bicyclic) bond motifs is 12. The lowest BCUT2D eigenvalue weighted by molar-refractivity contribution is 0.768. The molecule has 4 aromatic heterocycles. The monoisotopic (exact) mass is 967 g/mol. The van der Waals surface area contributed by atoms with Gasteiger partial charge in [0.1, 0.15) is 0 Å². The number of hydrogen-bond acceptors (Lipinski definition) is 2. The molecular formula is C71H45N5. The Morgan fingerprint density at radius 1 is 0.263 bits per heavy atom. The van der Waals surface area contributed by atoms with Gasteiger partial charge in [0.25, 0.3) is 0 Å². The molecule has 5 heteroatoms. The van der Waals surface area contributed by atoms with Crippen LogP contribution in [0, 0.1) is 0 Å². The van der Waals surface area contributed by atoms with Gasteiger partial charge in [-0.2, -0.15) is 0 Å². The Bertz CT molecular complexity index is 4470. The summed E-state index contributed by atoms with van der Waals surface area (Å²) in [4.78, 5) is 10.8. The molecule has 0 atom stereocenters. The molecule has 0 fully saturated rings. The van der Waals surface area contributed by atoms with E-state index in [0.717, 1.165) is 55.7 Å². The molecule has 1 aliphatic rings. The minimum atomic E-state index is -0.702. The molecule has 0 aliphatic heterocycles. The van der Waals surface area contributed by atoms with Crippen molar-refractivity contribution in [1.82, 2.24) is 23.7 Å². The summed E-state index contributed by atoms with van der Waals surface area (Å²) in [6, 6.07) is 99.6. The van der Waals surface area contributed by atoms with Crippen molar-refractivity contribution in [2.45, 2.75) is 5.41 Å². The van der Waals surface area contributed by atoms with Gasteiger partial charge in [-0.25, -0.2) is 9.97 Å². The van der Waals surface area contributed by atoms with Gasteiger partial charge in [0.05, 0.1) is 49.9 Å². The first-order valence-corrected chi connectivity index (χ1v) is 26.1. The van der Waals surface area contributed by atoms with Crippen molar-refractivity contribution >= 4 is 65.4 Å². The Kier molecular flexibility index (Phi) is 9.18. The highest BCUT2D eigenvalue weighted by molar-refractivity contribution is 6.13. The number of nitrogens with zero attached hydrogens (tertiary/aromatic N) is 5. The highest BCUT2D eigenvalue weighted by Gasteiger charge is 2.47. The summed E-state index contributed by atoms with van der Waals surface area (Å²) >= 11 is 0. The SMILES string of the molecule is c1ccc(-c2cc(-c3ccccc3)nc(-n3c4ccccc4c4cc5c(cc43)-c3ccccc3C5(c3ccc(-n4c5ccccc5c5ccccc54)cc3)c3ccc(-n4c5ccccc5c5ccccc54)cc3)n2)cc1. The number of para-hydroxylation sites is 5. The van der Waals surface area contributed by atoms with E-state index in [1.807, 2.05) is 0 Å². The Labute approximate surface area is 438 Å². The second kappa shape index (κ2) is 16.5. The zero-order valence-electron chi connectivity index (χ0n) is 41.2. The van der Waals surface area contributed by atoms with Gasteiger partial charge in [-0.1, -0.05) is 200 Å². The van der Waals surface area contributed by atoms with E-state index >= 15 is 0 Å². The molecule has 1 aliphatic carbocycles. The normalized spacial score (nSPS) is 12.8. The largest absolute Gasteiger partial charge is 0.309 e. The predicted octanol–water partition coefficient (Wildman–Crippen LogP) is 17.5. The number of benzene rings is 11. The molecular weight excluding hydrogens is 923 g/mol. The zero-order valence-corrected chi connectivity index (χ0v) is 41.2. The summed E-state index contributed by atoms with van der Waals surface area (Å²) in [5, 5.41) is 7.28.